The van der Waals surface area contributed by atoms with Crippen molar-refractivity contribution in [2.75, 3.05) is 0 Å². The molecular formula is C7H7N6O2+. The van der Waals surface area contributed by atoms with Crippen LogP contribution in [0.15, 0.2) is 29.7 Å². The van der Waals surface area contributed by atoms with Gasteiger partial charge in [-0.25, -0.2) is 4.99 Å². The van der Waals surface area contributed by atoms with E-state index in [1.54, 1.807) is 6.20 Å². The van der Waals surface area contributed by atoms with Crippen molar-refractivity contribution in [3.63, 3.8) is 0 Å². The van der Waals surface area contributed by atoms with Crippen LogP contribution < -0.4 is 10.4 Å². The molecule has 15 heavy (non-hydrogen) atoms. The molecule has 1 atom stereocenters. The van der Waals surface area contributed by atoms with Crippen LogP contribution >= 0.6 is 0 Å². The van der Waals surface area contributed by atoms with E-state index in [9.17, 15) is 10.1 Å². The Labute approximate surface area is 84.1 Å². The molecule has 2 heterocycles. The van der Waals surface area contributed by atoms with Gasteiger partial charge in [-0.2, -0.15) is 5.84 Å². The number of nitrogens with two attached hydrogens (primary N) is 1. The molecule has 0 saturated heterocycles. The highest BCUT2D eigenvalue weighted by atomic mass is 16.6. The number of rotatable bonds is 2. The monoisotopic (exact) mass is 207 g/mol. The van der Waals surface area contributed by atoms with Gasteiger partial charge in [0.1, 0.15) is 12.4 Å². The lowest BCUT2D eigenvalue weighted by Crippen LogP contribution is -2.48. The van der Waals surface area contributed by atoms with Crippen LogP contribution in [0.3, 0.4) is 0 Å². The summed E-state index contributed by atoms with van der Waals surface area (Å²) in [6.07, 6.45) is 5.74. The highest BCUT2D eigenvalue weighted by Crippen LogP contribution is 2.18. The molecule has 0 bridgehead atoms. The highest BCUT2D eigenvalue weighted by molar-refractivity contribution is 5.75. The molecule has 0 fully saturated rings. The number of aromatic nitrogens is 2. The highest BCUT2D eigenvalue weighted by Gasteiger charge is 2.31. The second kappa shape index (κ2) is 3.19. The summed E-state index contributed by atoms with van der Waals surface area (Å²) in [7, 11) is 0. The van der Waals surface area contributed by atoms with Crippen molar-refractivity contribution in [1.29, 1.82) is 0 Å². The van der Waals surface area contributed by atoms with Crippen LogP contribution in [-0.2, 0) is 0 Å². The number of hydrogen-bond acceptors (Lipinski definition) is 6. The number of nitro groups is 1. The zero-order valence-corrected chi connectivity index (χ0v) is 7.52. The number of nitrogens with zero attached hydrogens (tertiary/aromatic N) is 5. The summed E-state index contributed by atoms with van der Waals surface area (Å²) in [5.41, 5.74) is 0. The second-order valence-corrected chi connectivity index (χ2v) is 2.87. The molecule has 0 spiro atoms. The topological polar surface area (TPSA) is 107 Å². The van der Waals surface area contributed by atoms with E-state index in [-0.39, 0.29) is 10.4 Å². The van der Waals surface area contributed by atoms with Crippen molar-refractivity contribution in [1.82, 2.24) is 14.6 Å². The Hall–Kier alpha value is -2.19. The molecule has 1 unspecified atom stereocenters. The lowest BCUT2D eigenvalue weighted by molar-refractivity contribution is -0.394. The van der Waals surface area contributed by atoms with Gasteiger partial charge in [0.2, 0.25) is 6.34 Å². The summed E-state index contributed by atoms with van der Waals surface area (Å²) in [6.45, 7) is 0. The summed E-state index contributed by atoms with van der Waals surface area (Å²) in [5.74, 6) is 5.64. The van der Waals surface area contributed by atoms with Crippen molar-refractivity contribution in [2.24, 2.45) is 10.8 Å². The Bertz CT molecular complexity index is 456. The maximum Gasteiger partial charge on any atom is 0.474 e. The maximum absolute atomic E-state index is 10.5. The summed E-state index contributed by atoms with van der Waals surface area (Å²) in [4.78, 5) is 20.8. The first-order valence-electron chi connectivity index (χ1n) is 3.99. The third-order valence-electron chi connectivity index (χ3n) is 1.85. The zero-order valence-electron chi connectivity index (χ0n) is 7.52. The Morgan fingerprint density at radius 3 is 2.93 bits per heavy atom. The smallest absolute Gasteiger partial charge is 0.390 e. The first-order chi connectivity index (χ1) is 7.12. The van der Waals surface area contributed by atoms with Crippen LogP contribution in [0.5, 0.6) is 0 Å². The van der Waals surface area contributed by atoms with Gasteiger partial charge < -0.3 is 10.1 Å². The minimum absolute atomic E-state index is 0.286. The van der Waals surface area contributed by atoms with E-state index in [0.717, 1.165) is 0 Å². The fourth-order valence-corrected chi connectivity index (χ4v) is 1.11. The minimum Gasteiger partial charge on any atom is -0.390 e. The fraction of sp³-hybridized carbons (Fsp3) is 0. The zero-order chi connectivity index (χ0) is 10.9. The van der Waals surface area contributed by atoms with Gasteiger partial charge in [-0.3, -0.25) is 0 Å². The van der Waals surface area contributed by atoms with Gasteiger partial charge in [0, 0.05) is 0 Å². The third-order valence-corrected chi connectivity index (χ3v) is 1.85. The van der Waals surface area contributed by atoms with Crippen molar-refractivity contribution < 1.29 is 4.92 Å². The van der Waals surface area contributed by atoms with E-state index >= 15 is 0 Å². The minimum atomic E-state index is -0.674. The van der Waals surface area contributed by atoms with E-state index in [4.69, 9.17) is 5.84 Å². The number of quaternary nitrogens is 1. The SMILES string of the molecule is N[N+]1(c2ccnc([N+](=O)[O-])n2)C=CN=C1. The van der Waals surface area contributed by atoms with Gasteiger partial charge in [0.25, 0.3) is 0 Å². The predicted octanol–water partition coefficient (Wildman–Crippen LogP) is 0.0789. The summed E-state index contributed by atoms with van der Waals surface area (Å²) < 4.78 is -0.288. The van der Waals surface area contributed by atoms with E-state index in [1.165, 1.54) is 24.8 Å². The Morgan fingerprint density at radius 2 is 2.33 bits per heavy atom. The molecule has 2 rings (SSSR count). The average molecular weight is 207 g/mol. The summed E-state index contributed by atoms with van der Waals surface area (Å²) in [6, 6.07) is 1.49. The van der Waals surface area contributed by atoms with Crippen molar-refractivity contribution >= 4 is 18.1 Å². The second-order valence-electron chi connectivity index (χ2n) is 2.87. The first kappa shape index (κ1) is 9.37. The largest absolute Gasteiger partial charge is 0.474 e. The molecule has 1 aromatic rings. The molecule has 2 N–H and O–H groups in total. The van der Waals surface area contributed by atoms with Crippen molar-refractivity contribution in [3.8, 4) is 0 Å². The molecule has 76 valence electrons. The molecule has 1 aromatic heterocycles. The molecule has 0 aliphatic carbocycles. The van der Waals surface area contributed by atoms with Gasteiger partial charge in [-0.1, -0.05) is 4.98 Å². The van der Waals surface area contributed by atoms with Gasteiger partial charge >= 0.3 is 11.8 Å². The van der Waals surface area contributed by atoms with E-state index in [0.29, 0.717) is 0 Å². The molecule has 0 radical (unpaired) electrons. The molecule has 8 heteroatoms. The Morgan fingerprint density at radius 1 is 1.53 bits per heavy atom. The van der Waals surface area contributed by atoms with Gasteiger partial charge in [0.05, 0.1) is 12.3 Å². The molecule has 8 nitrogen and oxygen atoms in total. The third kappa shape index (κ3) is 1.58. The average Bonchev–Trinajstić information content (AvgIpc) is 2.67. The van der Waals surface area contributed by atoms with E-state index < -0.39 is 10.9 Å². The summed E-state index contributed by atoms with van der Waals surface area (Å²) in [5, 5.41) is 10.5. The van der Waals surface area contributed by atoms with Crippen LogP contribution in [0.25, 0.3) is 0 Å². The molecular weight excluding hydrogens is 200 g/mol. The quantitative estimate of drug-likeness (QED) is 0.319. The van der Waals surface area contributed by atoms with Crippen LogP contribution in [0.1, 0.15) is 0 Å². The molecule has 1 aliphatic rings. The fourth-order valence-electron chi connectivity index (χ4n) is 1.11. The van der Waals surface area contributed by atoms with Gasteiger partial charge in [0.15, 0.2) is 0 Å². The van der Waals surface area contributed by atoms with E-state index in [2.05, 4.69) is 15.0 Å². The lowest BCUT2D eigenvalue weighted by atomic mass is 10.5. The first-order valence-corrected chi connectivity index (χ1v) is 3.99. The normalized spacial score (nSPS) is 23.3. The Kier molecular flexibility index (Phi) is 1.99. The van der Waals surface area contributed by atoms with Gasteiger partial charge in [-0.05, 0) is 9.91 Å². The maximum atomic E-state index is 10.5. The molecule has 1 aliphatic heterocycles. The lowest BCUT2D eigenvalue weighted by Gasteiger charge is -2.14. The standard InChI is InChI=1S/C7H7N6O2/c8-13(4-3-9-5-13)6-1-2-10-7(11-6)12(14)15/h1-5H,8H2/q+1. The molecule has 0 saturated carbocycles. The summed E-state index contributed by atoms with van der Waals surface area (Å²) >= 11 is 0. The van der Waals surface area contributed by atoms with Crippen LogP contribution in [0.4, 0.5) is 11.8 Å². The van der Waals surface area contributed by atoms with E-state index in [1.807, 2.05) is 0 Å². The molecule has 0 amide bonds. The predicted molar refractivity (Wildman–Crippen MR) is 52.3 cm³/mol. The number of aliphatic imine (C=N–C) groups is 1. The van der Waals surface area contributed by atoms with Crippen LogP contribution in [0, 0.1) is 10.1 Å². The van der Waals surface area contributed by atoms with Crippen LogP contribution in [0.2, 0.25) is 0 Å². The van der Waals surface area contributed by atoms with Crippen molar-refractivity contribution in [3.05, 3.63) is 34.8 Å². The van der Waals surface area contributed by atoms with Crippen LogP contribution in [-0.4, -0.2) is 21.2 Å². The van der Waals surface area contributed by atoms with Crippen molar-refractivity contribution in [2.45, 2.75) is 0 Å². The van der Waals surface area contributed by atoms with Gasteiger partial charge in [-0.15, -0.1) is 4.59 Å². The Balaban J connectivity index is 2.45. The number of hydrogen-bond donors (Lipinski definition) is 1. The molecule has 0 aromatic carbocycles.